The number of alkyl halides is 3. The highest BCUT2D eigenvalue weighted by Gasteiger charge is 2.31. The topological polar surface area (TPSA) is 27.7 Å². The van der Waals surface area contributed by atoms with Gasteiger partial charge in [0.2, 0.25) is 0 Å². The molecule has 0 radical (unpaired) electrons. The highest BCUT2D eigenvalue weighted by atomic mass is 19.4. The molecule has 26 heavy (non-hydrogen) atoms. The summed E-state index contributed by atoms with van der Waals surface area (Å²) in [6, 6.07) is 5.67. The Labute approximate surface area is 152 Å². The standard InChI is InChI=1S/C20H27F3O3/c1-14-2-4-15(5-3-14)6-7-16-12-24-19(25-13-16)17-8-10-18(11-9-17)26-20(21,22)23/h8-11,14-16,19H,2-7,12-13H2,1H3. The lowest BCUT2D eigenvalue weighted by atomic mass is 9.80. The number of rotatable bonds is 5. The van der Waals surface area contributed by atoms with Crippen molar-refractivity contribution in [3.8, 4) is 5.75 Å². The van der Waals surface area contributed by atoms with Crippen molar-refractivity contribution in [3.05, 3.63) is 29.8 Å². The van der Waals surface area contributed by atoms with Gasteiger partial charge in [-0.1, -0.05) is 51.2 Å². The second-order valence-electron chi connectivity index (χ2n) is 7.68. The van der Waals surface area contributed by atoms with Crippen molar-refractivity contribution in [2.24, 2.45) is 17.8 Å². The second-order valence-corrected chi connectivity index (χ2v) is 7.68. The lowest BCUT2D eigenvalue weighted by Crippen LogP contribution is -2.27. The zero-order valence-corrected chi connectivity index (χ0v) is 15.1. The SMILES string of the molecule is CC1CCC(CCC2COC(c3ccc(OC(F)(F)F)cc3)OC2)CC1. The third-order valence-electron chi connectivity index (χ3n) is 5.47. The first kappa shape index (κ1) is 19.5. The van der Waals surface area contributed by atoms with Crippen molar-refractivity contribution < 1.29 is 27.4 Å². The molecule has 0 aromatic heterocycles. The van der Waals surface area contributed by atoms with Crippen LogP contribution in [0.2, 0.25) is 0 Å². The quantitative estimate of drug-likeness (QED) is 0.648. The third-order valence-corrected chi connectivity index (χ3v) is 5.47. The predicted molar refractivity (Wildman–Crippen MR) is 91.6 cm³/mol. The van der Waals surface area contributed by atoms with Crippen LogP contribution in [-0.2, 0) is 9.47 Å². The van der Waals surface area contributed by atoms with Crippen molar-refractivity contribution in [1.82, 2.24) is 0 Å². The summed E-state index contributed by atoms with van der Waals surface area (Å²) in [5.41, 5.74) is 0.708. The molecule has 146 valence electrons. The fraction of sp³-hybridized carbons (Fsp3) is 0.700. The highest BCUT2D eigenvalue weighted by molar-refractivity contribution is 5.28. The van der Waals surface area contributed by atoms with Crippen LogP contribution in [0.15, 0.2) is 24.3 Å². The van der Waals surface area contributed by atoms with Crippen LogP contribution in [0.3, 0.4) is 0 Å². The Morgan fingerprint density at radius 1 is 0.923 bits per heavy atom. The lowest BCUT2D eigenvalue weighted by molar-refractivity contribution is -0.274. The molecule has 2 fully saturated rings. The minimum Gasteiger partial charge on any atom is -0.406 e. The van der Waals surface area contributed by atoms with Crippen LogP contribution in [0.4, 0.5) is 13.2 Å². The number of hydrogen-bond acceptors (Lipinski definition) is 3. The van der Waals surface area contributed by atoms with E-state index < -0.39 is 12.7 Å². The minimum atomic E-state index is -4.68. The van der Waals surface area contributed by atoms with Crippen LogP contribution in [-0.4, -0.2) is 19.6 Å². The van der Waals surface area contributed by atoms with Gasteiger partial charge < -0.3 is 14.2 Å². The van der Waals surface area contributed by atoms with Crippen molar-refractivity contribution >= 4 is 0 Å². The summed E-state index contributed by atoms with van der Waals surface area (Å²) >= 11 is 0. The van der Waals surface area contributed by atoms with Gasteiger partial charge in [-0.2, -0.15) is 0 Å². The van der Waals surface area contributed by atoms with E-state index in [1.807, 2.05) is 0 Å². The molecule has 1 aliphatic heterocycles. The fourth-order valence-electron chi connectivity index (χ4n) is 3.82. The van der Waals surface area contributed by atoms with Gasteiger partial charge in [-0.25, -0.2) is 0 Å². The largest absolute Gasteiger partial charge is 0.573 e. The molecule has 3 nitrogen and oxygen atoms in total. The first-order chi connectivity index (χ1) is 12.4. The van der Waals surface area contributed by atoms with Gasteiger partial charge in [0.15, 0.2) is 6.29 Å². The van der Waals surface area contributed by atoms with Crippen LogP contribution in [0, 0.1) is 17.8 Å². The van der Waals surface area contributed by atoms with Gasteiger partial charge in [-0.15, -0.1) is 13.2 Å². The van der Waals surface area contributed by atoms with Gasteiger partial charge in [0.1, 0.15) is 5.75 Å². The van der Waals surface area contributed by atoms with Gasteiger partial charge in [0, 0.05) is 11.5 Å². The van der Waals surface area contributed by atoms with E-state index >= 15 is 0 Å². The monoisotopic (exact) mass is 372 g/mol. The van der Waals surface area contributed by atoms with Crippen LogP contribution < -0.4 is 4.74 Å². The maximum Gasteiger partial charge on any atom is 0.573 e. The third kappa shape index (κ3) is 5.88. The summed E-state index contributed by atoms with van der Waals surface area (Å²) < 4.78 is 52.0. The molecule has 1 heterocycles. The maximum atomic E-state index is 12.2. The van der Waals surface area contributed by atoms with Gasteiger partial charge in [0.05, 0.1) is 13.2 Å². The van der Waals surface area contributed by atoms with E-state index in [-0.39, 0.29) is 5.75 Å². The molecule has 2 aliphatic rings. The van der Waals surface area contributed by atoms with Gasteiger partial charge in [-0.3, -0.25) is 0 Å². The molecule has 0 unspecified atom stereocenters. The van der Waals surface area contributed by atoms with E-state index in [0.29, 0.717) is 24.7 Å². The summed E-state index contributed by atoms with van der Waals surface area (Å²) in [6.45, 7) is 3.60. The van der Waals surface area contributed by atoms with Crippen molar-refractivity contribution in [3.63, 3.8) is 0 Å². The molecule has 1 aromatic rings. The average Bonchev–Trinajstić information content (AvgIpc) is 2.61. The molecule has 1 aromatic carbocycles. The van der Waals surface area contributed by atoms with E-state index in [2.05, 4.69) is 11.7 Å². The average molecular weight is 372 g/mol. The first-order valence-electron chi connectivity index (χ1n) is 9.48. The summed E-state index contributed by atoms with van der Waals surface area (Å²) in [7, 11) is 0. The van der Waals surface area contributed by atoms with Crippen molar-refractivity contribution in [1.29, 1.82) is 0 Å². The normalized spacial score (nSPS) is 30.2. The van der Waals surface area contributed by atoms with E-state index in [1.165, 1.54) is 44.2 Å². The second kappa shape index (κ2) is 8.61. The Hall–Kier alpha value is -1.27. The predicted octanol–water partition coefficient (Wildman–Crippen LogP) is 5.85. The molecular weight excluding hydrogens is 345 g/mol. The smallest absolute Gasteiger partial charge is 0.406 e. The zero-order valence-electron chi connectivity index (χ0n) is 15.1. The zero-order chi connectivity index (χ0) is 18.6. The first-order valence-corrected chi connectivity index (χ1v) is 9.48. The summed E-state index contributed by atoms with van der Waals surface area (Å²) in [6.07, 6.45) is 2.53. The number of ether oxygens (including phenoxy) is 3. The Kier molecular flexibility index (Phi) is 6.46. The Bertz CT molecular complexity index is 542. The van der Waals surface area contributed by atoms with Gasteiger partial charge in [-0.05, 0) is 30.4 Å². The molecule has 0 bridgehead atoms. The van der Waals surface area contributed by atoms with Crippen molar-refractivity contribution in [2.45, 2.75) is 58.1 Å². The number of hydrogen-bond donors (Lipinski definition) is 0. The van der Waals surface area contributed by atoms with Crippen LogP contribution in [0.5, 0.6) is 5.75 Å². The Morgan fingerprint density at radius 2 is 1.50 bits per heavy atom. The van der Waals surface area contributed by atoms with Gasteiger partial charge in [0.25, 0.3) is 0 Å². The molecule has 0 atom stereocenters. The minimum absolute atomic E-state index is 0.239. The molecule has 1 saturated heterocycles. The molecule has 0 spiro atoms. The number of benzene rings is 1. The summed E-state index contributed by atoms with van der Waals surface area (Å²) in [4.78, 5) is 0. The highest BCUT2D eigenvalue weighted by Crippen LogP contribution is 2.34. The van der Waals surface area contributed by atoms with Gasteiger partial charge >= 0.3 is 6.36 Å². The molecule has 1 saturated carbocycles. The number of halogens is 3. The van der Waals surface area contributed by atoms with Crippen LogP contribution in [0.25, 0.3) is 0 Å². The van der Waals surface area contributed by atoms with Crippen LogP contribution in [0.1, 0.15) is 57.3 Å². The lowest BCUT2D eigenvalue weighted by Gasteiger charge is -2.31. The molecule has 6 heteroatoms. The summed E-state index contributed by atoms with van der Waals surface area (Å²) in [5.74, 6) is 1.88. The Balaban J connectivity index is 1.40. The maximum absolute atomic E-state index is 12.2. The molecule has 1 aliphatic carbocycles. The molecule has 0 amide bonds. The Morgan fingerprint density at radius 3 is 2.08 bits per heavy atom. The van der Waals surface area contributed by atoms with E-state index in [4.69, 9.17) is 9.47 Å². The molecule has 3 rings (SSSR count). The van der Waals surface area contributed by atoms with E-state index in [9.17, 15) is 13.2 Å². The molecular formula is C20H27F3O3. The van der Waals surface area contributed by atoms with Crippen LogP contribution >= 0.6 is 0 Å². The fourth-order valence-corrected chi connectivity index (χ4v) is 3.82. The van der Waals surface area contributed by atoms with E-state index in [1.54, 1.807) is 12.1 Å². The molecule has 0 N–H and O–H groups in total. The van der Waals surface area contributed by atoms with E-state index in [0.717, 1.165) is 18.3 Å². The summed E-state index contributed by atoms with van der Waals surface area (Å²) in [5, 5.41) is 0. The van der Waals surface area contributed by atoms with Crippen molar-refractivity contribution in [2.75, 3.05) is 13.2 Å².